The fourth-order valence-electron chi connectivity index (χ4n) is 5.20. The lowest BCUT2D eigenvalue weighted by Crippen LogP contribution is -2.68. The first-order valence-corrected chi connectivity index (χ1v) is 11.1. The summed E-state index contributed by atoms with van der Waals surface area (Å²) in [6.45, 7) is 1.71. The fraction of sp³-hybridized carbons (Fsp3) is 0.591. The molecule has 0 aromatic carbocycles. The third-order valence-corrected chi connectivity index (χ3v) is 7.24. The Morgan fingerprint density at radius 3 is 2.45 bits per heavy atom. The molecule has 0 radical (unpaired) electrons. The Morgan fingerprint density at radius 2 is 1.88 bits per heavy atom. The maximum absolute atomic E-state index is 13.3. The number of aromatic nitrogens is 2. The highest BCUT2D eigenvalue weighted by atomic mass is 19.4. The minimum absolute atomic E-state index is 0.0809. The summed E-state index contributed by atoms with van der Waals surface area (Å²) in [6, 6.07) is 0.725. The number of fused-ring (bicyclic) bond motifs is 1. The lowest BCUT2D eigenvalue weighted by Gasteiger charge is -2.61. The summed E-state index contributed by atoms with van der Waals surface area (Å²) >= 11 is 0. The van der Waals surface area contributed by atoms with E-state index < -0.39 is 34.5 Å². The van der Waals surface area contributed by atoms with E-state index in [1.807, 2.05) is 4.90 Å². The monoisotopic (exact) mass is 466 g/mol. The number of piperidine rings is 1. The van der Waals surface area contributed by atoms with Gasteiger partial charge in [0, 0.05) is 37.9 Å². The standard InChI is InChI=1S/C22H25F3N4O4/c23-22(24,25)13-7-15-17(31)16(19(32)27-21-8-12(9-21)10-21)20(33)29(18(15)26-11-13)6-5-28-3-1-14(30)2-4-28/h7,11-12,14,30-31H,1-6,8-10H2,(H,27,32). The summed E-state index contributed by atoms with van der Waals surface area (Å²) in [5, 5.41) is 22.9. The Labute approximate surface area is 187 Å². The molecule has 1 amide bonds. The molecule has 2 aromatic heterocycles. The largest absolute Gasteiger partial charge is 0.506 e. The number of amides is 1. The number of aromatic hydroxyl groups is 1. The minimum atomic E-state index is -4.70. The third-order valence-electron chi connectivity index (χ3n) is 7.24. The van der Waals surface area contributed by atoms with E-state index in [-0.39, 0.29) is 29.2 Å². The van der Waals surface area contributed by atoms with Gasteiger partial charge in [-0.15, -0.1) is 0 Å². The molecule has 33 heavy (non-hydrogen) atoms. The van der Waals surface area contributed by atoms with Crippen molar-refractivity contribution in [1.29, 1.82) is 0 Å². The summed E-state index contributed by atoms with van der Waals surface area (Å²) < 4.78 is 41.0. The number of nitrogens with zero attached hydrogens (tertiary/aromatic N) is 3. The lowest BCUT2D eigenvalue weighted by molar-refractivity contribution is -0.137. The maximum atomic E-state index is 13.3. The van der Waals surface area contributed by atoms with Gasteiger partial charge in [0.1, 0.15) is 17.0 Å². The molecular formula is C22H25F3N4O4. The Kier molecular flexibility index (Phi) is 5.16. The summed E-state index contributed by atoms with van der Waals surface area (Å²) in [6.07, 6.45) is -0.836. The zero-order valence-electron chi connectivity index (χ0n) is 17.9. The highest BCUT2D eigenvalue weighted by molar-refractivity contribution is 6.02. The first-order chi connectivity index (χ1) is 15.6. The van der Waals surface area contributed by atoms with Gasteiger partial charge in [0.05, 0.1) is 17.1 Å². The summed E-state index contributed by atoms with van der Waals surface area (Å²) in [4.78, 5) is 32.1. The molecule has 2 aromatic rings. The summed E-state index contributed by atoms with van der Waals surface area (Å²) in [7, 11) is 0. The van der Waals surface area contributed by atoms with Crippen LogP contribution in [-0.2, 0) is 12.7 Å². The van der Waals surface area contributed by atoms with Gasteiger partial charge >= 0.3 is 6.18 Å². The van der Waals surface area contributed by atoms with Gasteiger partial charge in [0.2, 0.25) is 0 Å². The summed E-state index contributed by atoms with van der Waals surface area (Å²) in [5.41, 5.74) is -2.90. The number of carbonyl (C=O) groups excluding carboxylic acids is 1. The van der Waals surface area contributed by atoms with Crippen molar-refractivity contribution in [3.8, 4) is 5.75 Å². The Balaban J connectivity index is 1.54. The van der Waals surface area contributed by atoms with Gasteiger partial charge in [0.25, 0.3) is 11.5 Å². The van der Waals surface area contributed by atoms with Crippen LogP contribution in [0.2, 0.25) is 0 Å². The topological polar surface area (TPSA) is 108 Å². The van der Waals surface area contributed by atoms with Crippen molar-refractivity contribution in [3.05, 3.63) is 33.7 Å². The van der Waals surface area contributed by atoms with Crippen LogP contribution in [0.25, 0.3) is 11.0 Å². The van der Waals surface area contributed by atoms with Crippen molar-refractivity contribution in [2.75, 3.05) is 19.6 Å². The van der Waals surface area contributed by atoms with Gasteiger partial charge in [-0.3, -0.25) is 14.2 Å². The first-order valence-electron chi connectivity index (χ1n) is 11.1. The molecule has 3 aliphatic carbocycles. The van der Waals surface area contributed by atoms with Crippen LogP contribution in [0.1, 0.15) is 48.0 Å². The number of hydrogen-bond acceptors (Lipinski definition) is 6. The minimum Gasteiger partial charge on any atom is -0.506 e. The number of aliphatic hydroxyl groups excluding tert-OH is 1. The van der Waals surface area contributed by atoms with Gasteiger partial charge in [-0.1, -0.05) is 0 Å². The van der Waals surface area contributed by atoms with E-state index in [9.17, 15) is 33.0 Å². The maximum Gasteiger partial charge on any atom is 0.417 e. The SMILES string of the molecule is O=C(NC12CC(C1)C2)c1c(O)c2cc(C(F)(F)F)cnc2n(CCN2CCC(O)CC2)c1=O. The Bertz CT molecular complexity index is 1150. The van der Waals surface area contributed by atoms with Crippen LogP contribution in [0.5, 0.6) is 5.75 Å². The van der Waals surface area contributed by atoms with Gasteiger partial charge in [-0.2, -0.15) is 13.2 Å². The summed E-state index contributed by atoms with van der Waals surface area (Å²) in [5.74, 6) is -0.992. The number of halogens is 3. The van der Waals surface area contributed by atoms with Crippen LogP contribution in [0.3, 0.4) is 0 Å². The third kappa shape index (κ3) is 3.86. The van der Waals surface area contributed by atoms with Crippen molar-refractivity contribution >= 4 is 16.9 Å². The number of aliphatic hydroxyl groups is 1. The van der Waals surface area contributed by atoms with E-state index in [1.54, 1.807) is 0 Å². The van der Waals surface area contributed by atoms with E-state index in [4.69, 9.17) is 0 Å². The van der Waals surface area contributed by atoms with Crippen molar-refractivity contribution < 1.29 is 28.2 Å². The normalized spacial score (nSPS) is 25.5. The van der Waals surface area contributed by atoms with Gasteiger partial charge in [-0.05, 0) is 44.1 Å². The van der Waals surface area contributed by atoms with Crippen LogP contribution in [-0.4, -0.2) is 61.8 Å². The molecular weight excluding hydrogens is 441 g/mol. The number of hydrogen-bond donors (Lipinski definition) is 3. The zero-order valence-corrected chi connectivity index (χ0v) is 17.9. The molecule has 3 saturated carbocycles. The second kappa shape index (κ2) is 7.69. The smallest absolute Gasteiger partial charge is 0.417 e. The lowest BCUT2D eigenvalue weighted by atomic mass is 9.50. The molecule has 3 N–H and O–H groups in total. The van der Waals surface area contributed by atoms with Crippen molar-refractivity contribution in [2.24, 2.45) is 5.92 Å². The molecule has 6 rings (SSSR count). The zero-order chi connectivity index (χ0) is 23.5. The molecule has 0 unspecified atom stereocenters. The van der Waals surface area contributed by atoms with Crippen molar-refractivity contribution in [3.63, 3.8) is 0 Å². The van der Waals surface area contributed by atoms with Crippen molar-refractivity contribution in [1.82, 2.24) is 19.8 Å². The number of carbonyl (C=O) groups is 1. The van der Waals surface area contributed by atoms with E-state index in [1.165, 1.54) is 0 Å². The Hall–Kier alpha value is -2.66. The molecule has 2 bridgehead atoms. The van der Waals surface area contributed by atoms with Crippen LogP contribution in [0.15, 0.2) is 17.1 Å². The van der Waals surface area contributed by atoms with Crippen LogP contribution in [0.4, 0.5) is 13.2 Å². The second-order valence-electron chi connectivity index (χ2n) is 9.56. The molecule has 8 nitrogen and oxygen atoms in total. The van der Waals surface area contributed by atoms with Gasteiger partial charge in [0.15, 0.2) is 0 Å². The average Bonchev–Trinajstić information content (AvgIpc) is 2.70. The highest BCUT2D eigenvalue weighted by Gasteiger charge is 2.57. The number of pyridine rings is 2. The molecule has 4 fully saturated rings. The number of likely N-dealkylation sites (tertiary alicyclic amines) is 1. The molecule has 3 heterocycles. The quantitative estimate of drug-likeness (QED) is 0.621. The van der Waals surface area contributed by atoms with E-state index in [2.05, 4.69) is 10.3 Å². The molecule has 1 aliphatic heterocycles. The van der Waals surface area contributed by atoms with Gasteiger partial charge < -0.3 is 20.4 Å². The average molecular weight is 466 g/mol. The molecule has 11 heteroatoms. The number of alkyl halides is 3. The van der Waals surface area contributed by atoms with Gasteiger partial charge in [-0.25, -0.2) is 4.98 Å². The first kappa shape index (κ1) is 22.1. The van der Waals surface area contributed by atoms with E-state index in [0.717, 1.165) is 29.9 Å². The van der Waals surface area contributed by atoms with Crippen molar-refractivity contribution in [2.45, 2.75) is 56.5 Å². The molecule has 4 aliphatic rings. The highest BCUT2D eigenvalue weighted by Crippen LogP contribution is 2.57. The fourth-order valence-corrected chi connectivity index (χ4v) is 5.20. The number of nitrogens with one attached hydrogen (secondary N) is 1. The Morgan fingerprint density at radius 1 is 1.21 bits per heavy atom. The van der Waals surface area contributed by atoms with E-state index >= 15 is 0 Å². The van der Waals surface area contributed by atoms with Crippen LogP contribution >= 0.6 is 0 Å². The van der Waals surface area contributed by atoms with Crippen LogP contribution in [0, 0.1) is 5.92 Å². The second-order valence-corrected chi connectivity index (χ2v) is 9.56. The van der Waals surface area contributed by atoms with Crippen LogP contribution < -0.4 is 10.9 Å². The predicted molar refractivity (Wildman–Crippen MR) is 112 cm³/mol. The van der Waals surface area contributed by atoms with E-state index in [0.29, 0.717) is 44.6 Å². The molecule has 0 atom stereocenters. The molecule has 178 valence electrons. The number of rotatable bonds is 5. The molecule has 1 saturated heterocycles. The predicted octanol–water partition coefficient (Wildman–Crippen LogP) is 1.86. The molecule has 0 spiro atoms.